The summed E-state index contributed by atoms with van der Waals surface area (Å²) in [6.45, 7) is 3.94. The van der Waals surface area contributed by atoms with Crippen LogP contribution in [0.25, 0.3) is 11.4 Å². The molecule has 0 unspecified atom stereocenters. The van der Waals surface area contributed by atoms with E-state index >= 15 is 0 Å². The molecule has 1 aliphatic heterocycles. The van der Waals surface area contributed by atoms with Gasteiger partial charge in [-0.15, -0.1) is 0 Å². The molecule has 3 N–H and O–H groups in total. The van der Waals surface area contributed by atoms with E-state index in [1.165, 1.54) is 25.7 Å². The van der Waals surface area contributed by atoms with Crippen molar-refractivity contribution in [2.45, 2.75) is 38.3 Å². The highest BCUT2D eigenvalue weighted by atomic mass is 16.2. The SMILES string of the molecule is O=C(NCc1cccc(-c2ncn[nH]2)c1)NC1CCN(CC2CC2)CC1. The molecule has 1 aromatic heterocycles. The number of urea groups is 1. The number of piperidine rings is 1. The number of benzene rings is 1. The van der Waals surface area contributed by atoms with Crippen molar-refractivity contribution in [2.75, 3.05) is 19.6 Å². The Morgan fingerprint density at radius 1 is 1.23 bits per heavy atom. The van der Waals surface area contributed by atoms with E-state index in [1.54, 1.807) is 0 Å². The Kier molecular flexibility index (Phi) is 5.15. The van der Waals surface area contributed by atoms with E-state index in [2.05, 4.69) is 30.7 Å². The molecule has 0 bridgehead atoms. The molecule has 7 nitrogen and oxygen atoms in total. The first-order valence-corrected chi connectivity index (χ1v) is 9.47. The zero-order valence-corrected chi connectivity index (χ0v) is 14.9. The van der Waals surface area contributed by atoms with E-state index < -0.39 is 0 Å². The van der Waals surface area contributed by atoms with Crippen LogP contribution in [0.5, 0.6) is 0 Å². The standard InChI is InChI=1S/C19H26N6O/c26-19(23-17-6-8-25(9-7-17)12-14-4-5-14)20-11-15-2-1-3-16(10-15)18-21-13-22-24-18/h1-3,10,13-14,17H,4-9,11-12H2,(H2,20,23,26)(H,21,22,24). The minimum atomic E-state index is -0.0873. The minimum absolute atomic E-state index is 0.0873. The molecule has 0 radical (unpaired) electrons. The number of amides is 2. The molecule has 0 atom stereocenters. The summed E-state index contributed by atoms with van der Waals surface area (Å²) >= 11 is 0. The number of aromatic nitrogens is 3. The van der Waals surface area contributed by atoms with Gasteiger partial charge in [-0.1, -0.05) is 18.2 Å². The van der Waals surface area contributed by atoms with Gasteiger partial charge < -0.3 is 15.5 Å². The Morgan fingerprint density at radius 3 is 2.81 bits per heavy atom. The van der Waals surface area contributed by atoms with Crippen molar-refractivity contribution in [3.05, 3.63) is 36.2 Å². The molecule has 2 aliphatic rings. The summed E-state index contributed by atoms with van der Waals surface area (Å²) < 4.78 is 0. The molecule has 2 amide bonds. The van der Waals surface area contributed by atoms with Gasteiger partial charge in [0.15, 0.2) is 5.82 Å². The number of nitrogens with zero attached hydrogens (tertiary/aromatic N) is 3. The van der Waals surface area contributed by atoms with Gasteiger partial charge in [-0.25, -0.2) is 9.78 Å². The van der Waals surface area contributed by atoms with Gasteiger partial charge in [0.1, 0.15) is 6.33 Å². The predicted molar refractivity (Wildman–Crippen MR) is 99.4 cm³/mol. The number of hydrogen-bond donors (Lipinski definition) is 3. The molecule has 1 aromatic carbocycles. The highest BCUT2D eigenvalue weighted by Crippen LogP contribution is 2.30. The van der Waals surface area contributed by atoms with Crippen LogP contribution >= 0.6 is 0 Å². The van der Waals surface area contributed by atoms with Crippen molar-refractivity contribution in [3.63, 3.8) is 0 Å². The molecule has 2 fully saturated rings. The summed E-state index contributed by atoms with van der Waals surface area (Å²) in [5.41, 5.74) is 2.00. The minimum Gasteiger partial charge on any atom is -0.335 e. The Balaban J connectivity index is 1.21. The molecule has 138 valence electrons. The molecule has 1 aliphatic carbocycles. The predicted octanol–water partition coefficient (Wildman–Crippen LogP) is 2.15. The van der Waals surface area contributed by atoms with E-state index in [0.717, 1.165) is 48.8 Å². The van der Waals surface area contributed by atoms with Gasteiger partial charge in [-0.3, -0.25) is 5.10 Å². The van der Waals surface area contributed by atoms with Crippen LogP contribution in [0.15, 0.2) is 30.6 Å². The summed E-state index contributed by atoms with van der Waals surface area (Å²) in [6, 6.07) is 8.14. The number of likely N-dealkylation sites (tertiary alicyclic amines) is 1. The number of aromatic amines is 1. The largest absolute Gasteiger partial charge is 0.335 e. The smallest absolute Gasteiger partial charge is 0.315 e. The van der Waals surface area contributed by atoms with Gasteiger partial charge >= 0.3 is 6.03 Å². The molecule has 1 saturated heterocycles. The van der Waals surface area contributed by atoms with Crippen LogP contribution in [0.1, 0.15) is 31.2 Å². The zero-order valence-electron chi connectivity index (χ0n) is 14.9. The van der Waals surface area contributed by atoms with E-state index in [0.29, 0.717) is 6.54 Å². The third kappa shape index (κ3) is 4.60. The third-order valence-electron chi connectivity index (χ3n) is 5.20. The molecule has 4 rings (SSSR count). The van der Waals surface area contributed by atoms with Gasteiger partial charge in [0.25, 0.3) is 0 Å². The summed E-state index contributed by atoms with van der Waals surface area (Å²) in [5.74, 6) is 1.67. The Hall–Kier alpha value is -2.41. The number of nitrogens with one attached hydrogen (secondary N) is 3. The van der Waals surface area contributed by atoms with Crippen LogP contribution in [0.3, 0.4) is 0 Å². The van der Waals surface area contributed by atoms with Gasteiger partial charge in [0, 0.05) is 37.8 Å². The first kappa shape index (κ1) is 17.0. The van der Waals surface area contributed by atoms with Crippen molar-refractivity contribution in [3.8, 4) is 11.4 Å². The summed E-state index contributed by atoms with van der Waals surface area (Å²) in [7, 11) is 0. The van der Waals surface area contributed by atoms with Crippen molar-refractivity contribution >= 4 is 6.03 Å². The molecule has 0 spiro atoms. The molecule has 2 aromatic rings. The van der Waals surface area contributed by atoms with Crippen LogP contribution < -0.4 is 10.6 Å². The lowest BCUT2D eigenvalue weighted by atomic mass is 10.0. The monoisotopic (exact) mass is 354 g/mol. The highest BCUT2D eigenvalue weighted by Gasteiger charge is 2.27. The fraction of sp³-hybridized carbons (Fsp3) is 0.526. The number of hydrogen-bond acceptors (Lipinski definition) is 4. The fourth-order valence-corrected chi connectivity index (χ4v) is 3.52. The Bertz CT molecular complexity index is 719. The van der Waals surface area contributed by atoms with E-state index in [1.807, 2.05) is 24.3 Å². The second kappa shape index (κ2) is 7.86. The zero-order chi connectivity index (χ0) is 17.8. The lowest BCUT2D eigenvalue weighted by Crippen LogP contribution is -2.48. The molecule has 2 heterocycles. The van der Waals surface area contributed by atoms with E-state index in [9.17, 15) is 4.79 Å². The maximum atomic E-state index is 12.2. The molecule has 26 heavy (non-hydrogen) atoms. The summed E-state index contributed by atoms with van der Waals surface area (Å²) in [5, 5.41) is 12.8. The van der Waals surface area contributed by atoms with E-state index in [-0.39, 0.29) is 12.1 Å². The van der Waals surface area contributed by atoms with Crippen LogP contribution in [0, 0.1) is 5.92 Å². The number of rotatable bonds is 6. The molecule has 1 saturated carbocycles. The quantitative estimate of drug-likeness (QED) is 0.742. The lowest BCUT2D eigenvalue weighted by Gasteiger charge is -2.32. The second-order valence-electron chi connectivity index (χ2n) is 7.38. The first-order chi connectivity index (χ1) is 12.8. The molecular formula is C19H26N6O. The molecule has 7 heteroatoms. The Labute approximate surface area is 153 Å². The number of H-pyrrole nitrogens is 1. The van der Waals surface area contributed by atoms with Crippen molar-refractivity contribution < 1.29 is 4.79 Å². The van der Waals surface area contributed by atoms with Gasteiger partial charge in [-0.2, -0.15) is 5.10 Å². The lowest BCUT2D eigenvalue weighted by molar-refractivity contribution is 0.187. The highest BCUT2D eigenvalue weighted by molar-refractivity contribution is 5.74. The number of carbonyl (C=O) groups is 1. The first-order valence-electron chi connectivity index (χ1n) is 9.47. The number of carbonyl (C=O) groups excluding carboxylic acids is 1. The van der Waals surface area contributed by atoms with E-state index in [4.69, 9.17) is 0 Å². The van der Waals surface area contributed by atoms with Crippen molar-refractivity contribution in [1.82, 2.24) is 30.7 Å². The average Bonchev–Trinajstić information content (AvgIpc) is 3.30. The van der Waals surface area contributed by atoms with Crippen molar-refractivity contribution in [1.29, 1.82) is 0 Å². The van der Waals surface area contributed by atoms with Gasteiger partial charge in [0.05, 0.1) is 0 Å². The molecular weight excluding hydrogens is 328 g/mol. The average molecular weight is 354 g/mol. The van der Waals surface area contributed by atoms with Crippen LogP contribution in [0.4, 0.5) is 4.79 Å². The van der Waals surface area contributed by atoms with Gasteiger partial charge in [0.2, 0.25) is 0 Å². The maximum absolute atomic E-state index is 12.2. The third-order valence-corrected chi connectivity index (χ3v) is 5.20. The Morgan fingerprint density at radius 2 is 2.08 bits per heavy atom. The second-order valence-corrected chi connectivity index (χ2v) is 7.38. The maximum Gasteiger partial charge on any atom is 0.315 e. The van der Waals surface area contributed by atoms with Crippen LogP contribution in [-0.2, 0) is 6.54 Å². The van der Waals surface area contributed by atoms with Crippen LogP contribution in [-0.4, -0.2) is 51.8 Å². The topological polar surface area (TPSA) is 85.9 Å². The summed E-state index contributed by atoms with van der Waals surface area (Å²) in [6.07, 6.45) is 6.38. The summed E-state index contributed by atoms with van der Waals surface area (Å²) in [4.78, 5) is 18.9. The van der Waals surface area contributed by atoms with Crippen LogP contribution in [0.2, 0.25) is 0 Å². The fourth-order valence-electron chi connectivity index (χ4n) is 3.52. The van der Waals surface area contributed by atoms with Gasteiger partial charge in [-0.05, 0) is 43.2 Å². The normalized spacial score (nSPS) is 18.6. The van der Waals surface area contributed by atoms with Crippen molar-refractivity contribution in [2.24, 2.45) is 5.92 Å².